The van der Waals surface area contributed by atoms with Gasteiger partial charge in [-0.2, -0.15) is 0 Å². The van der Waals surface area contributed by atoms with E-state index < -0.39 is 0 Å². The average Bonchev–Trinajstić information content (AvgIpc) is 2.94. The molecule has 0 aliphatic heterocycles. The van der Waals surface area contributed by atoms with E-state index >= 15 is 0 Å². The number of ketones is 1. The molecule has 2 aromatic rings. The summed E-state index contributed by atoms with van der Waals surface area (Å²) in [5.41, 5.74) is 1.87. The summed E-state index contributed by atoms with van der Waals surface area (Å²) in [6.07, 6.45) is 6.37. The Morgan fingerprint density at radius 1 is 1.29 bits per heavy atom. The molecule has 0 spiro atoms. The van der Waals surface area contributed by atoms with Crippen molar-refractivity contribution in [3.63, 3.8) is 0 Å². The SMILES string of the molecule is CNC1(CC(=O)c2cc3cccc(C)c3o2)CCCCC1. The summed E-state index contributed by atoms with van der Waals surface area (Å²) < 4.78 is 5.81. The second kappa shape index (κ2) is 5.64. The Balaban J connectivity index is 1.84. The third-order valence-corrected chi connectivity index (χ3v) is 4.86. The second-order valence-corrected chi connectivity index (χ2v) is 6.29. The molecule has 1 heterocycles. The van der Waals surface area contributed by atoms with Gasteiger partial charge in [0, 0.05) is 17.3 Å². The minimum absolute atomic E-state index is 0.0383. The molecule has 0 radical (unpaired) electrons. The van der Waals surface area contributed by atoms with E-state index in [1.165, 1.54) is 19.3 Å². The van der Waals surface area contributed by atoms with Crippen LogP contribution >= 0.6 is 0 Å². The number of carbonyl (C=O) groups is 1. The van der Waals surface area contributed by atoms with Gasteiger partial charge in [-0.15, -0.1) is 0 Å². The highest BCUT2D eigenvalue weighted by Crippen LogP contribution is 2.33. The van der Waals surface area contributed by atoms with E-state index in [4.69, 9.17) is 4.42 Å². The molecule has 112 valence electrons. The Morgan fingerprint density at radius 2 is 2.05 bits per heavy atom. The Labute approximate surface area is 125 Å². The molecule has 1 aliphatic carbocycles. The zero-order chi connectivity index (χ0) is 14.9. The van der Waals surface area contributed by atoms with Gasteiger partial charge in [0.15, 0.2) is 11.5 Å². The number of para-hydroxylation sites is 1. The topological polar surface area (TPSA) is 42.2 Å². The minimum Gasteiger partial charge on any atom is -0.453 e. The first-order valence-corrected chi connectivity index (χ1v) is 7.85. The zero-order valence-corrected chi connectivity index (χ0v) is 12.9. The van der Waals surface area contributed by atoms with Gasteiger partial charge in [0.25, 0.3) is 0 Å². The van der Waals surface area contributed by atoms with Gasteiger partial charge in [-0.25, -0.2) is 0 Å². The molecule has 0 saturated heterocycles. The standard InChI is InChI=1S/C18H23NO2/c1-13-7-6-8-14-11-16(21-17(13)14)15(20)12-18(19-2)9-4-3-5-10-18/h6-8,11,19H,3-5,9-10,12H2,1-2H3. The molecule has 0 unspecified atom stereocenters. The van der Waals surface area contributed by atoms with Crippen LogP contribution in [0.1, 0.15) is 54.6 Å². The predicted molar refractivity (Wildman–Crippen MR) is 84.8 cm³/mol. The van der Waals surface area contributed by atoms with Gasteiger partial charge in [-0.1, -0.05) is 37.5 Å². The van der Waals surface area contributed by atoms with Crippen LogP contribution in [0, 0.1) is 6.92 Å². The predicted octanol–water partition coefficient (Wildman–Crippen LogP) is 4.24. The highest BCUT2D eigenvalue weighted by molar-refractivity contribution is 5.98. The summed E-state index contributed by atoms with van der Waals surface area (Å²) in [5, 5.41) is 4.42. The molecule has 3 rings (SSSR count). The molecular formula is C18H23NO2. The molecule has 1 aliphatic rings. The van der Waals surface area contributed by atoms with E-state index in [-0.39, 0.29) is 11.3 Å². The van der Waals surface area contributed by atoms with Crippen molar-refractivity contribution >= 4 is 16.8 Å². The normalized spacial score (nSPS) is 18.0. The van der Waals surface area contributed by atoms with E-state index in [1.54, 1.807) is 0 Å². The summed E-state index contributed by atoms with van der Waals surface area (Å²) in [5.74, 6) is 0.612. The Morgan fingerprint density at radius 3 is 2.71 bits per heavy atom. The number of nitrogens with one attached hydrogen (secondary N) is 1. The van der Waals surface area contributed by atoms with Crippen LogP contribution in [0.15, 0.2) is 28.7 Å². The van der Waals surface area contributed by atoms with Crippen LogP contribution in [-0.4, -0.2) is 18.4 Å². The third kappa shape index (κ3) is 2.75. The summed E-state index contributed by atoms with van der Waals surface area (Å²) in [6.45, 7) is 2.01. The minimum atomic E-state index is -0.0383. The van der Waals surface area contributed by atoms with Gasteiger partial charge < -0.3 is 9.73 Å². The first-order chi connectivity index (χ1) is 10.1. The maximum atomic E-state index is 12.6. The Kier molecular flexibility index (Phi) is 3.85. The fraction of sp³-hybridized carbons (Fsp3) is 0.500. The molecule has 0 atom stereocenters. The van der Waals surface area contributed by atoms with Crippen LogP contribution in [-0.2, 0) is 0 Å². The fourth-order valence-electron chi connectivity index (χ4n) is 3.48. The van der Waals surface area contributed by atoms with Crippen molar-refractivity contribution in [1.29, 1.82) is 0 Å². The number of fused-ring (bicyclic) bond motifs is 1. The van der Waals surface area contributed by atoms with Crippen molar-refractivity contribution in [2.75, 3.05) is 7.05 Å². The number of benzene rings is 1. The van der Waals surface area contributed by atoms with Crippen molar-refractivity contribution in [1.82, 2.24) is 5.32 Å². The first kappa shape index (κ1) is 14.3. The smallest absolute Gasteiger partial charge is 0.199 e. The highest BCUT2D eigenvalue weighted by Gasteiger charge is 2.33. The van der Waals surface area contributed by atoms with Gasteiger partial charge in [0.2, 0.25) is 0 Å². The monoisotopic (exact) mass is 285 g/mol. The lowest BCUT2D eigenvalue weighted by molar-refractivity contribution is 0.0889. The molecule has 3 heteroatoms. The molecule has 3 nitrogen and oxygen atoms in total. The zero-order valence-electron chi connectivity index (χ0n) is 12.9. The van der Waals surface area contributed by atoms with Gasteiger partial charge in [0.1, 0.15) is 5.58 Å². The molecule has 0 bridgehead atoms. The number of hydrogen-bond acceptors (Lipinski definition) is 3. The summed E-state index contributed by atoms with van der Waals surface area (Å²) >= 11 is 0. The first-order valence-electron chi connectivity index (χ1n) is 7.85. The average molecular weight is 285 g/mol. The summed E-state index contributed by atoms with van der Waals surface area (Å²) in [6, 6.07) is 7.89. The Hall–Kier alpha value is -1.61. The van der Waals surface area contributed by atoms with Gasteiger partial charge in [0.05, 0.1) is 0 Å². The van der Waals surface area contributed by atoms with Crippen LogP contribution in [0.4, 0.5) is 0 Å². The van der Waals surface area contributed by atoms with E-state index in [9.17, 15) is 4.79 Å². The quantitative estimate of drug-likeness (QED) is 0.854. The van der Waals surface area contributed by atoms with Crippen LogP contribution < -0.4 is 5.32 Å². The van der Waals surface area contributed by atoms with E-state index in [1.807, 2.05) is 38.2 Å². The molecule has 1 N–H and O–H groups in total. The lowest BCUT2D eigenvalue weighted by atomic mass is 9.78. The van der Waals surface area contributed by atoms with Crippen molar-refractivity contribution in [2.24, 2.45) is 0 Å². The number of aryl methyl sites for hydroxylation is 1. The van der Waals surface area contributed by atoms with Crippen molar-refractivity contribution in [3.8, 4) is 0 Å². The van der Waals surface area contributed by atoms with Crippen LogP contribution in [0.5, 0.6) is 0 Å². The lowest BCUT2D eigenvalue weighted by Gasteiger charge is -2.36. The fourth-order valence-corrected chi connectivity index (χ4v) is 3.48. The number of furan rings is 1. The van der Waals surface area contributed by atoms with E-state index in [0.29, 0.717) is 12.2 Å². The second-order valence-electron chi connectivity index (χ2n) is 6.29. The maximum Gasteiger partial charge on any atom is 0.199 e. The third-order valence-electron chi connectivity index (χ3n) is 4.86. The molecule has 0 amide bonds. The lowest BCUT2D eigenvalue weighted by Crippen LogP contribution is -2.46. The highest BCUT2D eigenvalue weighted by atomic mass is 16.3. The summed E-state index contributed by atoms with van der Waals surface area (Å²) in [7, 11) is 1.97. The van der Waals surface area contributed by atoms with Gasteiger partial charge in [-0.05, 0) is 38.4 Å². The number of rotatable bonds is 4. The summed E-state index contributed by atoms with van der Waals surface area (Å²) in [4.78, 5) is 12.6. The molecule has 1 aromatic heterocycles. The number of hydrogen-bond donors (Lipinski definition) is 1. The largest absolute Gasteiger partial charge is 0.453 e. The number of carbonyl (C=O) groups excluding carboxylic acids is 1. The van der Waals surface area contributed by atoms with Gasteiger partial charge in [-0.3, -0.25) is 4.79 Å². The van der Waals surface area contributed by atoms with Crippen LogP contribution in [0.2, 0.25) is 0 Å². The molecule has 1 fully saturated rings. The van der Waals surface area contributed by atoms with Crippen molar-refractivity contribution < 1.29 is 9.21 Å². The Bertz CT molecular complexity index is 650. The van der Waals surface area contributed by atoms with Crippen LogP contribution in [0.25, 0.3) is 11.0 Å². The van der Waals surface area contributed by atoms with E-state index in [2.05, 4.69) is 5.32 Å². The van der Waals surface area contributed by atoms with Gasteiger partial charge >= 0.3 is 0 Å². The molecule has 1 aromatic carbocycles. The molecular weight excluding hydrogens is 262 g/mol. The number of Topliss-reactive ketones (excluding diaryl/α,β-unsaturated/α-hetero) is 1. The molecule has 21 heavy (non-hydrogen) atoms. The van der Waals surface area contributed by atoms with Crippen molar-refractivity contribution in [2.45, 2.75) is 51.0 Å². The van der Waals surface area contributed by atoms with Crippen molar-refractivity contribution in [3.05, 3.63) is 35.6 Å². The van der Waals surface area contributed by atoms with E-state index in [0.717, 1.165) is 29.4 Å². The van der Waals surface area contributed by atoms with Crippen LogP contribution in [0.3, 0.4) is 0 Å². The maximum absolute atomic E-state index is 12.6. The molecule has 1 saturated carbocycles.